The van der Waals surface area contributed by atoms with Gasteiger partial charge in [0.15, 0.2) is 22.5 Å². The molecular weight excluding hydrogens is 360 g/mol. The standard InChI is InChI=1S/C17H13ClN4O2S/c1-22-16(13-3-2-8-23-13)20-21-17(22)25-10-15-19-9-14(24-15)11-4-6-12(18)7-5-11/h2-9H,10H2,1H3. The second kappa shape index (κ2) is 6.78. The molecule has 0 saturated heterocycles. The lowest BCUT2D eigenvalue weighted by Crippen LogP contribution is -1.94. The van der Waals surface area contributed by atoms with Crippen LogP contribution in [-0.4, -0.2) is 19.7 Å². The molecule has 0 spiro atoms. The summed E-state index contributed by atoms with van der Waals surface area (Å²) in [6.45, 7) is 0. The number of benzene rings is 1. The van der Waals surface area contributed by atoms with E-state index in [4.69, 9.17) is 20.4 Å². The van der Waals surface area contributed by atoms with Gasteiger partial charge in [-0.25, -0.2) is 4.98 Å². The summed E-state index contributed by atoms with van der Waals surface area (Å²) in [6, 6.07) is 11.1. The van der Waals surface area contributed by atoms with Crippen molar-refractivity contribution >= 4 is 23.4 Å². The number of halogens is 1. The zero-order chi connectivity index (χ0) is 17.2. The Balaban J connectivity index is 1.46. The third-order valence-corrected chi connectivity index (χ3v) is 4.84. The lowest BCUT2D eigenvalue weighted by molar-refractivity contribution is 0.529. The topological polar surface area (TPSA) is 69.9 Å². The minimum atomic E-state index is 0.553. The van der Waals surface area contributed by atoms with Crippen molar-refractivity contribution in [2.75, 3.05) is 0 Å². The molecule has 3 heterocycles. The maximum absolute atomic E-state index is 5.90. The van der Waals surface area contributed by atoms with Gasteiger partial charge in [-0.05, 0) is 36.4 Å². The second-order valence-electron chi connectivity index (χ2n) is 5.26. The monoisotopic (exact) mass is 372 g/mol. The van der Waals surface area contributed by atoms with E-state index in [-0.39, 0.29) is 0 Å². The number of hydrogen-bond acceptors (Lipinski definition) is 6. The molecule has 4 aromatic rings. The number of thioether (sulfide) groups is 1. The molecule has 0 aliphatic rings. The molecule has 0 aliphatic heterocycles. The molecule has 6 nitrogen and oxygen atoms in total. The molecule has 0 amide bonds. The van der Waals surface area contributed by atoms with Crippen LogP contribution in [0.3, 0.4) is 0 Å². The third-order valence-electron chi connectivity index (χ3n) is 3.58. The molecule has 0 saturated carbocycles. The highest BCUT2D eigenvalue weighted by Gasteiger charge is 2.14. The maximum atomic E-state index is 5.90. The van der Waals surface area contributed by atoms with E-state index < -0.39 is 0 Å². The van der Waals surface area contributed by atoms with Crippen LogP contribution >= 0.6 is 23.4 Å². The summed E-state index contributed by atoms with van der Waals surface area (Å²) in [5.41, 5.74) is 0.937. The predicted octanol–water partition coefficient (Wildman–Crippen LogP) is 4.68. The molecule has 126 valence electrons. The highest BCUT2D eigenvalue weighted by Crippen LogP contribution is 2.27. The average molecular weight is 373 g/mol. The van der Waals surface area contributed by atoms with Crippen LogP contribution in [0.5, 0.6) is 0 Å². The quantitative estimate of drug-likeness (QED) is 0.474. The van der Waals surface area contributed by atoms with Crippen LogP contribution in [0.4, 0.5) is 0 Å². The Labute approximate surface area is 152 Å². The second-order valence-corrected chi connectivity index (χ2v) is 6.64. The van der Waals surface area contributed by atoms with Crippen molar-refractivity contribution in [3.63, 3.8) is 0 Å². The Morgan fingerprint density at radius 3 is 2.72 bits per heavy atom. The molecule has 25 heavy (non-hydrogen) atoms. The molecule has 0 unspecified atom stereocenters. The number of hydrogen-bond donors (Lipinski definition) is 0. The normalized spacial score (nSPS) is 11.1. The van der Waals surface area contributed by atoms with Crippen molar-refractivity contribution in [2.45, 2.75) is 10.9 Å². The van der Waals surface area contributed by atoms with Crippen molar-refractivity contribution in [3.8, 4) is 22.9 Å². The van der Waals surface area contributed by atoms with Gasteiger partial charge < -0.3 is 13.4 Å². The largest absolute Gasteiger partial charge is 0.461 e. The number of oxazole rings is 1. The van der Waals surface area contributed by atoms with Gasteiger partial charge in [-0.2, -0.15) is 0 Å². The zero-order valence-corrected chi connectivity index (χ0v) is 14.8. The summed E-state index contributed by atoms with van der Waals surface area (Å²) >= 11 is 7.40. The fourth-order valence-corrected chi connectivity index (χ4v) is 3.20. The van der Waals surface area contributed by atoms with Gasteiger partial charge in [0, 0.05) is 17.6 Å². The Morgan fingerprint density at radius 2 is 1.96 bits per heavy atom. The van der Waals surface area contributed by atoms with Crippen molar-refractivity contribution < 1.29 is 8.83 Å². The molecule has 0 atom stereocenters. The summed E-state index contributed by atoms with van der Waals surface area (Å²) in [5, 5.41) is 9.81. The first-order valence-corrected chi connectivity index (χ1v) is 8.84. The summed E-state index contributed by atoms with van der Waals surface area (Å²) < 4.78 is 13.0. The Kier molecular flexibility index (Phi) is 4.33. The van der Waals surface area contributed by atoms with Crippen LogP contribution in [-0.2, 0) is 12.8 Å². The number of aromatic nitrogens is 4. The lowest BCUT2D eigenvalue weighted by Gasteiger charge is -2.00. The van der Waals surface area contributed by atoms with Crippen molar-refractivity contribution in [1.82, 2.24) is 19.7 Å². The SMILES string of the molecule is Cn1c(SCc2ncc(-c3ccc(Cl)cc3)o2)nnc1-c1ccco1. The van der Waals surface area contributed by atoms with E-state index in [2.05, 4.69) is 15.2 Å². The summed E-state index contributed by atoms with van der Waals surface area (Å²) in [4.78, 5) is 4.32. The first-order valence-electron chi connectivity index (χ1n) is 7.47. The molecule has 8 heteroatoms. The summed E-state index contributed by atoms with van der Waals surface area (Å²) in [7, 11) is 1.90. The van der Waals surface area contributed by atoms with E-state index in [1.807, 2.05) is 48.0 Å². The maximum Gasteiger partial charge on any atom is 0.205 e. The number of rotatable bonds is 5. The number of nitrogens with zero attached hydrogens (tertiary/aromatic N) is 4. The van der Waals surface area contributed by atoms with Crippen LogP contribution < -0.4 is 0 Å². The summed E-state index contributed by atoms with van der Waals surface area (Å²) in [5.74, 6) is 3.25. The lowest BCUT2D eigenvalue weighted by atomic mass is 10.2. The van der Waals surface area contributed by atoms with Gasteiger partial charge in [-0.3, -0.25) is 0 Å². The van der Waals surface area contributed by atoms with E-state index in [0.717, 1.165) is 10.7 Å². The van der Waals surface area contributed by atoms with Crippen LogP contribution in [0.2, 0.25) is 5.02 Å². The smallest absolute Gasteiger partial charge is 0.205 e. The zero-order valence-electron chi connectivity index (χ0n) is 13.2. The van der Waals surface area contributed by atoms with Crippen molar-refractivity contribution in [3.05, 3.63) is 59.8 Å². The third kappa shape index (κ3) is 3.33. The van der Waals surface area contributed by atoms with Crippen molar-refractivity contribution in [1.29, 1.82) is 0 Å². The Hall–Kier alpha value is -2.51. The van der Waals surface area contributed by atoms with Gasteiger partial charge in [-0.1, -0.05) is 23.4 Å². The molecule has 1 aromatic carbocycles. The molecule has 4 rings (SSSR count). The van der Waals surface area contributed by atoms with E-state index >= 15 is 0 Å². The summed E-state index contributed by atoms with van der Waals surface area (Å²) in [6.07, 6.45) is 3.33. The van der Waals surface area contributed by atoms with E-state index in [9.17, 15) is 0 Å². The molecule has 3 aromatic heterocycles. The fraction of sp³-hybridized carbons (Fsp3) is 0.118. The van der Waals surface area contributed by atoms with Crippen LogP contribution in [0.1, 0.15) is 5.89 Å². The van der Waals surface area contributed by atoms with Gasteiger partial charge >= 0.3 is 0 Å². The van der Waals surface area contributed by atoms with Gasteiger partial charge in [0.05, 0.1) is 18.2 Å². The Morgan fingerprint density at radius 1 is 1.12 bits per heavy atom. The van der Waals surface area contributed by atoms with Gasteiger partial charge in [0.25, 0.3) is 0 Å². The highest BCUT2D eigenvalue weighted by atomic mass is 35.5. The fourth-order valence-electron chi connectivity index (χ4n) is 2.31. The molecule has 0 radical (unpaired) electrons. The van der Waals surface area contributed by atoms with Gasteiger partial charge in [0.2, 0.25) is 5.89 Å². The molecule has 0 aliphatic carbocycles. The van der Waals surface area contributed by atoms with Crippen LogP contribution in [0, 0.1) is 0 Å². The molecule has 0 bridgehead atoms. The average Bonchev–Trinajstić information content (AvgIpc) is 3.34. The first-order chi connectivity index (χ1) is 12.2. The number of furan rings is 1. The molecule has 0 fully saturated rings. The molecular formula is C17H13ClN4O2S. The minimum absolute atomic E-state index is 0.553. The van der Waals surface area contributed by atoms with Crippen molar-refractivity contribution in [2.24, 2.45) is 7.05 Å². The van der Waals surface area contributed by atoms with Crippen LogP contribution in [0.15, 0.2) is 62.8 Å². The van der Waals surface area contributed by atoms with Gasteiger partial charge in [-0.15, -0.1) is 10.2 Å². The predicted molar refractivity (Wildman–Crippen MR) is 95.2 cm³/mol. The minimum Gasteiger partial charge on any atom is -0.461 e. The first kappa shape index (κ1) is 16.0. The van der Waals surface area contributed by atoms with Gasteiger partial charge in [0.1, 0.15) is 0 Å². The van der Waals surface area contributed by atoms with Crippen LogP contribution in [0.25, 0.3) is 22.9 Å². The van der Waals surface area contributed by atoms with E-state index in [0.29, 0.717) is 34.0 Å². The van der Waals surface area contributed by atoms with E-state index in [1.165, 1.54) is 11.8 Å². The van der Waals surface area contributed by atoms with E-state index in [1.54, 1.807) is 12.5 Å². The highest BCUT2D eigenvalue weighted by molar-refractivity contribution is 7.98. The molecule has 0 N–H and O–H groups in total. The Bertz CT molecular complexity index is 977.